The zero-order valence-electron chi connectivity index (χ0n) is 44.0. The number of hydrogen-bond donors (Lipinski definition) is 0. The van der Waals surface area contributed by atoms with Crippen LogP contribution in [0.4, 0.5) is 0 Å². The molecule has 0 spiro atoms. The molecule has 0 bridgehead atoms. The number of nitrogens with zero attached hydrogens (tertiary/aromatic N) is 1. The normalized spacial score (nSPS) is 13.3. The van der Waals surface area contributed by atoms with Crippen molar-refractivity contribution in [2.24, 2.45) is 0 Å². The second-order valence-electron chi connectivity index (χ2n) is 20.7. The zero-order valence-corrected chi connectivity index (χ0v) is 44.9. The van der Waals surface area contributed by atoms with Gasteiger partial charge in [-0.3, -0.25) is 14.2 Å². The molecule has 0 aliphatic rings. The van der Waals surface area contributed by atoms with Crippen LogP contribution in [0.3, 0.4) is 0 Å². The summed E-state index contributed by atoms with van der Waals surface area (Å²) in [7, 11) is 1.19. The van der Waals surface area contributed by atoms with Crippen LogP contribution in [0.1, 0.15) is 290 Å². The third-order valence-electron chi connectivity index (χ3n) is 12.9. The third kappa shape index (κ3) is 52.2. The number of quaternary nitrogens is 1. The lowest BCUT2D eigenvalue weighted by atomic mass is 10.0. The average molecular weight is 944 g/mol. The van der Waals surface area contributed by atoms with E-state index in [4.69, 9.17) is 18.5 Å². The van der Waals surface area contributed by atoms with Gasteiger partial charge >= 0.3 is 11.9 Å². The van der Waals surface area contributed by atoms with Crippen molar-refractivity contribution in [3.63, 3.8) is 0 Å². The summed E-state index contributed by atoms with van der Waals surface area (Å²) in [4.78, 5) is 37.8. The molecule has 10 heteroatoms. The van der Waals surface area contributed by atoms with Crippen molar-refractivity contribution in [3.8, 4) is 0 Å². The molecular formula is C55H110NO8P. The molecule has 2 unspecified atom stereocenters. The molecule has 0 saturated carbocycles. The molecule has 9 nitrogen and oxygen atoms in total. The van der Waals surface area contributed by atoms with Crippen LogP contribution < -0.4 is 4.89 Å². The second-order valence-corrected chi connectivity index (χ2v) is 22.1. The second kappa shape index (κ2) is 48.1. The Morgan fingerprint density at radius 2 is 0.692 bits per heavy atom. The fourth-order valence-corrected chi connectivity index (χ4v) is 9.21. The highest BCUT2D eigenvalue weighted by Gasteiger charge is 2.22. The van der Waals surface area contributed by atoms with Gasteiger partial charge in [0.25, 0.3) is 7.82 Å². The molecule has 0 heterocycles. The first-order chi connectivity index (χ1) is 31.5. The molecule has 0 amide bonds. The summed E-state index contributed by atoms with van der Waals surface area (Å²) in [5, 5.41) is 0. The van der Waals surface area contributed by atoms with Gasteiger partial charge in [-0.15, -0.1) is 0 Å². The lowest BCUT2D eigenvalue weighted by molar-refractivity contribution is -0.870. The van der Waals surface area contributed by atoms with E-state index in [1.54, 1.807) is 0 Å². The first-order valence-electron chi connectivity index (χ1n) is 28.2. The first-order valence-corrected chi connectivity index (χ1v) is 29.7. The number of carbonyl (C=O) groups excluding carboxylic acids is 2. The van der Waals surface area contributed by atoms with E-state index < -0.39 is 26.5 Å². The Labute approximate surface area is 404 Å². The van der Waals surface area contributed by atoms with Crippen LogP contribution in [-0.4, -0.2) is 70.0 Å². The molecule has 0 N–H and O–H groups in total. The van der Waals surface area contributed by atoms with E-state index in [1.165, 1.54) is 225 Å². The maximum atomic E-state index is 12.8. The largest absolute Gasteiger partial charge is 0.756 e. The highest BCUT2D eigenvalue weighted by molar-refractivity contribution is 7.45. The third-order valence-corrected chi connectivity index (χ3v) is 13.8. The average Bonchev–Trinajstić information content (AvgIpc) is 3.26. The molecule has 0 rings (SSSR count). The van der Waals surface area contributed by atoms with E-state index in [1.807, 2.05) is 21.1 Å². The Morgan fingerprint density at radius 1 is 0.415 bits per heavy atom. The number of phosphoric ester groups is 1. The van der Waals surface area contributed by atoms with E-state index in [0.717, 1.165) is 32.1 Å². The molecule has 0 aromatic rings. The molecule has 0 saturated heterocycles. The number of likely N-dealkylation sites (N-methyl/N-ethyl adjacent to an activating group) is 1. The number of ether oxygens (including phenoxy) is 2. The van der Waals surface area contributed by atoms with Gasteiger partial charge in [-0.1, -0.05) is 264 Å². The van der Waals surface area contributed by atoms with Crippen molar-refractivity contribution >= 4 is 19.8 Å². The van der Waals surface area contributed by atoms with Crippen molar-refractivity contribution < 1.29 is 42.1 Å². The van der Waals surface area contributed by atoms with Crippen LogP contribution in [0.5, 0.6) is 0 Å². The van der Waals surface area contributed by atoms with Crippen LogP contribution >= 0.6 is 7.82 Å². The minimum Gasteiger partial charge on any atom is -0.756 e. The van der Waals surface area contributed by atoms with Gasteiger partial charge < -0.3 is 27.9 Å². The summed E-state index contributed by atoms with van der Waals surface area (Å²) in [6.07, 6.45) is 52.8. The Balaban J connectivity index is 4.12. The fourth-order valence-electron chi connectivity index (χ4n) is 8.48. The van der Waals surface area contributed by atoms with Gasteiger partial charge in [0, 0.05) is 12.8 Å². The van der Waals surface area contributed by atoms with Crippen LogP contribution in [0, 0.1) is 0 Å². The zero-order chi connectivity index (χ0) is 47.8. The van der Waals surface area contributed by atoms with Crippen LogP contribution in [-0.2, 0) is 32.7 Å². The molecular weight excluding hydrogens is 834 g/mol. The minimum atomic E-state index is -4.63. The Hall–Kier alpha value is -0.990. The van der Waals surface area contributed by atoms with Gasteiger partial charge in [0.1, 0.15) is 19.8 Å². The molecule has 65 heavy (non-hydrogen) atoms. The van der Waals surface area contributed by atoms with Gasteiger partial charge in [-0.2, -0.15) is 0 Å². The van der Waals surface area contributed by atoms with Crippen LogP contribution in [0.25, 0.3) is 0 Å². The molecule has 0 aliphatic carbocycles. The lowest BCUT2D eigenvalue weighted by Crippen LogP contribution is -2.37. The molecule has 0 radical (unpaired) electrons. The number of hydrogen-bond acceptors (Lipinski definition) is 8. The molecule has 2 atom stereocenters. The van der Waals surface area contributed by atoms with Crippen molar-refractivity contribution in [3.05, 3.63) is 0 Å². The SMILES string of the molecule is CCCCCCCCCCCCCCCCCCCCCCCCC(=O)OCC(COP(=O)([O-])OCC[N+](C)(C)C)OC(=O)CCCCCCCCCCCCCCCCCCCCC. The van der Waals surface area contributed by atoms with Gasteiger partial charge in [0.2, 0.25) is 0 Å². The molecule has 0 aliphatic heterocycles. The maximum Gasteiger partial charge on any atom is 0.306 e. The number of unbranched alkanes of at least 4 members (excludes halogenated alkanes) is 39. The quantitative estimate of drug-likeness (QED) is 0.0257. The Bertz CT molecular complexity index is 1070. The summed E-state index contributed by atoms with van der Waals surface area (Å²) < 4.78 is 34.2. The first kappa shape index (κ1) is 64.0. The fraction of sp³-hybridized carbons (Fsp3) is 0.964. The molecule has 388 valence electrons. The highest BCUT2D eigenvalue weighted by atomic mass is 31.2. The Morgan fingerprint density at radius 3 is 0.985 bits per heavy atom. The van der Waals surface area contributed by atoms with Crippen LogP contribution in [0.2, 0.25) is 0 Å². The van der Waals surface area contributed by atoms with Gasteiger partial charge in [0.05, 0.1) is 27.7 Å². The summed E-state index contributed by atoms with van der Waals surface area (Å²) in [6.45, 7) is 4.31. The lowest BCUT2D eigenvalue weighted by Gasteiger charge is -2.28. The van der Waals surface area contributed by atoms with E-state index in [9.17, 15) is 19.0 Å². The topological polar surface area (TPSA) is 111 Å². The van der Waals surface area contributed by atoms with E-state index in [0.29, 0.717) is 17.4 Å². The predicted molar refractivity (Wildman–Crippen MR) is 273 cm³/mol. The minimum absolute atomic E-state index is 0.0251. The number of carbonyl (C=O) groups is 2. The van der Waals surface area contributed by atoms with Crippen molar-refractivity contribution in [1.29, 1.82) is 0 Å². The number of rotatable bonds is 53. The Kier molecular flexibility index (Phi) is 47.3. The van der Waals surface area contributed by atoms with Gasteiger partial charge in [-0.25, -0.2) is 0 Å². The van der Waals surface area contributed by atoms with Gasteiger partial charge in [-0.05, 0) is 12.8 Å². The monoisotopic (exact) mass is 944 g/mol. The summed E-state index contributed by atoms with van der Waals surface area (Å²) >= 11 is 0. The highest BCUT2D eigenvalue weighted by Crippen LogP contribution is 2.38. The standard InChI is InChI=1S/C55H110NO8P/c1-6-8-10-12-14-16-18-20-22-24-26-27-28-30-31-33-35-37-39-41-43-45-47-54(57)61-51-53(52-63-65(59,60)62-50-49-56(3,4)5)64-55(58)48-46-44-42-40-38-36-34-32-29-25-23-21-19-17-15-13-11-9-7-2/h53H,6-52H2,1-5H3. The summed E-state index contributed by atoms with van der Waals surface area (Å²) in [6, 6.07) is 0. The number of esters is 2. The predicted octanol–water partition coefficient (Wildman–Crippen LogP) is 16.5. The van der Waals surface area contributed by atoms with Crippen molar-refractivity contribution in [2.45, 2.75) is 296 Å². The van der Waals surface area contributed by atoms with E-state index >= 15 is 0 Å². The van der Waals surface area contributed by atoms with Crippen LogP contribution in [0.15, 0.2) is 0 Å². The molecule has 0 aromatic heterocycles. The molecule has 0 fully saturated rings. The number of phosphoric acid groups is 1. The molecule has 0 aromatic carbocycles. The summed E-state index contributed by atoms with van der Waals surface area (Å²) in [5.74, 6) is -0.810. The maximum absolute atomic E-state index is 12.8. The van der Waals surface area contributed by atoms with Crippen molar-refractivity contribution in [1.82, 2.24) is 0 Å². The van der Waals surface area contributed by atoms with E-state index in [2.05, 4.69) is 13.8 Å². The van der Waals surface area contributed by atoms with E-state index in [-0.39, 0.29) is 32.0 Å². The summed E-state index contributed by atoms with van der Waals surface area (Å²) in [5.41, 5.74) is 0. The van der Waals surface area contributed by atoms with Gasteiger partial charge in [0.15, 0.2) is 6.10 Å². The van der Waals surface area contributed by atoms with Crippen molar-refractivity contribution in [2.75, 3.05) is 47.5 Å². The smallest absolute Gasteiger partial charge is 0.306 e.